The second kappa shape index (κ2) is 8.76. The summed E-state index contributed by atoms with van der Waals surface area (Å²) in [5, 5.41) is 4.71. The maximum atomic E-state index is 12.7. The smallest absolute Gasteiger partial charge is 0.339 e. The van der Waals surface area contributed by atoms with Crippen LogP contribution in [0.3, 0.4) is 0 Å². The number of rotatable bonds is 4. The van der Waals surface area contributed by atoms with E-state index in [1.54, 1.807) is 0 Å². The summed E-state index contributed by atoms with van der Waals surface area (Å²) in [6.45, 7) is 6.73. The highest BCUT2D eigenvalue weighted by Gasteiger charge is 2.28. The van der Waals surface area contributed by atoms with Crippen LogP contribution in [0.2, 0.25) is 0 Å². The molecule has 0 amide bonds. The lowest BCUT2D eigenvalue weighted by Crippen LogP contribution is -2.44. The molecular weight excluding hydrogens is 430 g/mol. The molecule has 2 fully saturated rings. The van der Waals surface area contributed by atoms with Gasteiger partial charge in [0.15, 0.2) is 6.23 Å². The molecule has 0 aliphatic carbocycles. The van der Waals surface area contributed by atoms with Crippen molar-refractivity contribution in [3.05, 3.63) is 23.4 Å². The van der Waals surface area contributed by atoms with Crippen LogP contribution in [-0.2, 0) is 14.2 Å². The monoisotopic (exact) mass is 457 g/mol. The van der Waals surface area contributed by atoms with Gasteiger partial charge in [0.05, 0.1) is 48.0 Å². The Morgan fingerprint density at radius 2 is 2.16 bits per heavy atom. The van der Waals surface area contributed by atoms with Crippen molar-refractivity contribution in [1.29, 1.82) is 0 Å². The van der Waals surface area contributed by atoms with E-state index in [2.05, 4.69) is 11.8 Å². The molecule has 32 heavy (non-hydrogen) atoms. The highest BCUT2D eigenvalue weighted by atomic mass is 32.1. The Morgan fingerprint density at radius 3 is 2.91 bits per heavy atom. The van der Waals surface area contributed by atoms with Crippen molar-refractivity contribution in [1.82, 2.24) is 19.1 Å². The Bertz CT molecular complexity index is 1140. The molecule has 5 heterocycles. The molecule has 5 rings (SSSR count). The Hall–Kier alpha value is -2.56. The van der Waals surface area contributed by atoms with E-state index in [9.17, 15) is 4.79 Å². The summed E-state index contributed by atoms with van der Waals surface area (Å²) in [6.07, 6.45) is 2.96. The number of methoxy groups -OCH3 is 1. The number of hydrogen-bond acceptors (Lipinski definition) is 9. The van der Waals surface area contributed by atoms with Gasteiger partial charge in [-0.25, -0.2) is 14.5 Å². The van der Waals surface area contributed by atoms with E-state index in [-0.39, 0.29) is 12.3 Å². The van der Waals surface area contributed by atoms with Gasteiger partial charge in [-0.2, -0.15) is 9.47 Å². The van der Waals surface area contributed by atoms with Crippen LogP contribution >= 0.6 is 11.5 Å². The van der Waals surface area contributed by atoms with Crippen LogP contribution in [0.1, 0.15) is 48.5 Å². The number of fused-ring (bicyclic) bond motifs is 1. The molecule has 2 aliphatic rings. The standard InChI is InChI=1S/C22H27N5O4S/c1-13-10-16(27(24-13)18-6-4-5-8-31-18)19-20-21(32-25-19)15(22(28)29-3)11-17(23-20)26-7-9-30-12-14(26)2/h10-11,14,18H,4-9,12H2,1-3H3. The van der Waals surface area contributed by atoms with Crippen molar-refractivity contribution < 1.29 is 19.0 Å². The number of esters is 1. The van der Waals surface area contributed by atoms with Gasteiger partial charge < -0.3 is 19.1 Å². The van der Waals surface area contributed by atoms with E-state index in [0.717, 1.165) is 43.1 Å². The van der Waals surface area contributed by atoms with Crippen LogP contribution in [0.25, 0.3) is 21.6 Å². The van der Waals surface area contributed by atoms with Gasteiger partial charge >= 0.3 is 5.97 Å². The summed E-state index contributed by atoms with van der Waals surface area (Å²) in [4.78, 5) is 19.8. The Labute approximate surface area is 190 Å². The maximum Gasteiger partial charge on any atom is 0.339 e. The third-order valence-electron chi connectivity index (χ3n) is 6.01. The average molecular weight is 458 g/mol. The molecule has 0 bridgehead atoms. The summed E-state index contributed by atoms with van der Waals surface area (Å²) >= 11 is 1.26. The molecule has 2 unspecified atom stereocenters. The second-order valence-corrected chi connectivity index (χ2v) is 9.06. The first kappa shape index (κ1) is 21.3. The van der Waals surface area contributed by atoms with Crippen molar-refractivity contribution in [3.63, 3.8) is 0 Å². The molecule has 9 nitrogen and oxygen atoms in total. The number of hydrogen-bond donors (Lipinski definition) is 0. The third kappa shape index (κ3) is 3.76. The average Bonchev–Trinajstić information content (AvgIpc) is 3.42. The lowest BCUT2D eigenvalue weighted by Gasteiger charge is -2.34. The van der Waals surface area contributed by atoms with Gasteiger partial charge in [-0.1, -0.05) is 0 Å². The molecule has 0 spiro atoms. The fraction of sp³-hybridized carbons (Fsp3) is 0.545. The first-order chi connectivity index (χ1) is 15.6. The van der Waals surface area contributed by atoms with Gasteiger partial charge in [-0.05, 0) is 56.8 Å². The first-order valence-corrected chi connectivity index (χ1v) is 11.8. The number of nitrogens with zero attached hydrogens (tertiary/aromatic N) is 5. The van der Waals surface area contributed by atoms with E-state index in [4.69, 9.17) is 28.7 Å². The SMILES string of the molecule is COC(=O)c1cc(N2CCOCC2C)nc2c(-c3cc(C)nn3C3CCCCO3)nsc12. The Balaban J connectivity index is 1.67. The fourth-order valence-corrected chi connectivity index (χ4v) is 5.21. The van der Waals surface area contributed by atoms with Crippen molar-refractivity contribution in [3.8, 4) is 11.4 Å². The number of pyridine rings is 1. The second-order valence-electron chi connectivity index (χ2n) is 8.28. The lowest BCUT2D eigenvalue weighted by molar-refractivity contribution is -0.0385. The summed E-state index contributed by atoms with van der Waals surface area (Å²) in [7, 11) is 1.40. The molecular formula is C22H27N5O4S. The van der Waals surface area contributed by atoms with Gasteiger partial charge in [-0.15, -0.1) is 0 Å². The van der Waals surface area contributed by atoms with E-state index in [0.29, 0.717) is 41.2 Å². The normalized spacial score (nSPS) is 21.8. The first-order valence-electron chi connectivity index (χ1n) is 11.0. The summed E-state index contributed by atoms with van der Waals surface area (Å²) in [5.41, 5.74) is 3.63. The summed E-state index contributed by atoms with van der Waals surface area (Å²) in [6, 6.07) is 3.97. The number of carbonyl (C=O) groups excluding carboxylic acids is 1. The maximum absolute atomic E-state index is 12.7. The highest BCUT2D eigenvalue weighted by Crippen LogP contribution is 2.37. The van der Waals surface area contributed by atoms with Crippen molar-refractivity contribution in [2.75, 3.05) is 38.4 Å². The molecule has 2 atom stereocenters. The van der Waals surface area contributed by atoms with E-state index in [1.165, 1.54) is 18.6 Å². The van der Waals surface area contributed by atoms with E-state index in [1.807, 2.05) is 23.7 Å². The van der Waals surface area contributed by atoms with Gasteiger partial charge in [0.1, 0.15) is 17.0 Å². The quantitative estimate of drug-likeness (QED) is 0.549. The molecule has 2 aliphatic heterocycles. The summed E-state index contributed by atoms with van der Waals surface area (Å²) < 4.78 is 24.0. The zero-order valence-corrected chi connectivity index (χ0v) is 19.4. The largest absolute Gasteiger partial charge is 0.465 e. The van der Waals surface area contributed by atoms with E-state index >= 15 is 0 Å². The van der Waals surface area contributed by atoms with Crippen molar-refractivity contribution in [2.45, 2.75) is 45.4 Å². The molecule has 0 saturated carbocycles. The van der Waals surface area contributed by atoms with Crippen LogP contribution < -0.4 is 4.90 Å². The molecule has 0 N–H and O–H groups in total. The Morgan fingerprint density at radius 1 is 1.28 bits per heavy atom. The van der Waals surface area contributed by atoms with Crippen LogP contribution in [-0.4, -0.2) is 64.6 Å². The molecule has 0 aromatic carbocycles. The summed E-state index contributed by atoms with van der Waals surface area (Å²) in [5.74, 6) is 0.335. The van der Waals surface area contributed by atoms with Crippen LogP contribution in [0, 0.1) is 6.92 Å². The number of aromatic nitrogens is 4. The van der Waals surface area contributed by atoms with Gasteiger partial charge in [0.25, 0.3) is 0 Å². The van der Waals surface area contributed by atoms with Crippen LogP contribution in [0.5, 0.6) is 0 Å². The van der Waals surface area contributed by atoms with Crippen LogP contribution in [0.4, 0.5) is 5.82 Å². The molecule has 2 saturated heterocycles. The highest BCUT2D eigenvalue weighted by molar-refractivity contribution is 7.14. The minimum Gasteiger partial charge on any atom is -0.465 e. The number of ether oxygens (including phenoxy) is 3. The molecule has 10 heteroatoms. The fourth-order valence-electron chi connectivity index (χ4n) is 4.38. The minimum absolute atomic E-state index is 0.119. The molecule has 170 valence electrons. The zero-order valence-electron chi connectivity index (χ0n) is 18.5. The van der Waals surface area contributed by atoms with Crippen molar-refractivity contribution in [2.24, 2.45) is 0 Å². The van der Waals surface area contributed by atoms with Crippen molar-refractivity contribution >= 4 is 33.5 Å². The van der Waals surface area contributed by atoms with Gasteiger partial charge in [-0.3, -0.25) is 0 Å². The van der Waals surface area contributed by atoms with Gasteiger partial charge in [0, 0.05) is 13.2 Å². The lowest BCUT2D eigenvalue weighted by atomic mass is 10.1. The molecule has 3 aromatic rings. The number of aryl methyl sites for hydroxylation is 1. The Kier molecular flexibility index (Phi) is 5.83. The van der Waals surface area contributed by atoms with E-state index < -0.39 is 5.97 Å². The topological polar surface area (TPSA) is 91.6 Å². The number of morpholine rings is 1. The van der Waals surface area contributed by atoms with Crippen LogP contribution in [0.15, 0.2) is 12.1 Å². The predicted octanol–water partition coefficient (Wildman–Crippen LogP) is 3.57. The molecule has 3 aromatic heterocycles. The zero-order chi connectivity index (χ0) is 22.2. The molecule has 0 radical (unpaired) electrons. The number of carbonyl (C=O) groups is 1. The van der Waals surface area contributed by atoms with Gasteiger partial charge in [0.2, 0.25) is 0 Å². The minimum atomic E-state index is -0.393. The third-order valence-corrected chi connectivity index (χ3v) is 6.88. The number of anilines is 1. The predicted molar refractivity (Wildman–Crippen MR) is 121 cm³/mol.